The van der Waals surface area contributed by atoms with Gasteiger partial charge in [0.2, 0.25) is 0 Å². The van der Waals surface area contributed by atoms with Gasteiger partial charge >= 0.3 is 12.2 Å². The average Bonchev–Trinajstić information content (AvgIpc) is 3.14. The predicted molar refractivity (Wildman–Crippen MR) is 112 cm³/mol. The molecule has 2 bridgehead atoms. The number of amides is 2. The highest BCUT2D eigenvalue weighted by molar-refractivity contribution is 6.05. The van der Waals surface area contributed by atoms with Gasteiger partial charge in [0.1, 0.15) is 11.4 Å². The van der Waals surface area contributed by atoms with Crippen LogP contribution in [0.1, 0.15) is 30.3 Å². The van der Waals surface area contributed by atoms with Crippen molar-refractivity contribution in [2.75, 3.05) is 28.2 Å². The van der Waals surface area contributed by atoms with E-state index in [0.29, 0.717) is 25.2 Å². The quantitative estimate of drug-likeness (QED) is 0.725. The van der Waals surface area contributed by atoms with Gasteiger partial charge in [-0.3, -0.25) is 14.5 Å². The van der Waals surface area contributed by atoms with Gasteiger partial charge in [-0.2, -0.15) is 13.2 Å². The molecule has 8 nitrogen and oxygen atoms in total. The van der Waals surface area contributed by atoms with Crippen molar-refractivity contribution in [1.29, 1.82) is 0 Å². The van der Waals surface area contributed by atoms with E-state index in [0.717, 1.165) is 6.92 Å². The molecule has 0 aliphatic carbocycles. The van der Waals surface area contributed by atoms with Gasteiger partial charge in [0.15, 0.2) is 11.6 Å². The number of nitrogens with zero attached hydrogens (tertiary/aromatic N) is 4. The number of alkyl halides is 3. The van der Waals surface area contributed by atoms with E-state index in [1.807, 2.05) is 4.90 Å². The molecule has 4 heterocycles. The largest absolute Gasteiger partial charge is 0.391 e. The Morgan fingerprint density at radius 3 is 2.75 bits per heavy atom. The van der Waals surface area contributed by atoms with Crippen LogP contribution in [0.3, 0.4) is 0 Å². The summed E-state index contributed by atoms with van der Waals surface area (Å²) in [6.07, 6.45) is -2.99. The number of anilines is 3. The number of rotatable bonds is 4. The van der Waals surface area contributed by atoms with Crippen LogP contribution in [0.25, 0.3) is 0 Å². The SMILES string of the molecule is C[C@@H](CC(=O)c1ccc2c(n1)N(C(=O)Nc1cccn(C)c1=O)[C@H]1CCN2C1)C(F)(F)F. The van der Waals surface area contributed by atoms with Crippen molar-refractivity contribution in [3.8, 4) is 0 Å². The molecule has 2 aliphatic heterocycles. The minimum Gasteiger partial charge on any atom is -0.366 e. The van der Waals surface area contributed by atoms with Crippen LogP contribution in [0.4, 0.5) is 35.2 Å². The molecule has 4 rings (SSSR count). The van der Waals surface area contributed by atoms with E-state index in [9.17, 15) is 27.6 Å². The van der Waals surface area contributed by atoms with Gasteiger partial charge in [0.25, 0.3) is 5.56 Å². The van der Waals surface area contributed by atoms with Crippen molar-refractivity contribution in [1.82, 2.24) is 9.55 Å². The Morgan fingerprint density at radius 1 is 1.28 bits per heavy atom. The summed E-state index contributed by atoms with van der Waals surface area (Å²) in [6, 6.07) is 5.29. The van der Waals surface area contributed by atoms with Gasteiger partial charge in [-0.05, 0) is 30.7 Å². The molecule has 0 radical (unpaired) electrons. The Labute approximate surface area is 181 Å². The Hall–Kier alpha value is -3.37. The number of urea groups is 1. The number of aromatic nitrogens is 2. The lowest BCUT2D eigenvalue weighted by molar-refractivity contribution is -0.168. The molecule has 2 aromatic rings. The first-order valence-corrected chi connectivity index (χ1v) is 10.2. The van der Waals surface area contributed by atoms with Gasteiger partial charge in [0.05, 0.1) is 17.6 Å². The van der Waals surface area contributed by atoms with Crippen LogP contribution < -0.4 is 20.7 Å². The minimum atomic E-state index is -4.48. The molecule has 1 fully saturated rings. The van der Waals surface area contributed by atoms with Crippen molar-refractivity contribution in [2.24, 2.45) is 13.0 Å². The van der Waals surface area contributed by atoms with Crippen molar-refractivity contribution in [3.63, 3.8) is 0 Å². The molecule has 2 atom stereocenters. The number of carbonyl (C=O) groups is 2. The summed E-state index contributed by atoms with van der Waals surface area (Å²) in [6.45, 7) is 2.18. The number of halogens is 3. The van der Waals surface area contributed by atoms with E-state index in [-0.39, 0.29) is 28.8 Å². The second-order valence-electron chi connectivity index (χ2n) is 8.14. The maximum Gasteiger partial charge on any atom is 0.391 e. The average molecular weight is 449 g/mol. The lowest BCUT2D eigenvalue weighted by Gasteiger charge is -2.35. The second-order valence-corrected chi connectivity index (χ2v) is 8.14. The highest BCUT2D eigenvalue weighted by Crippen LogP contribution is 2.39. The third-order valence-corrected chi connectivity index (χ3v) is 5.87. The number of nitrogens with one attached hydrogen (secondary N) is 1. The normalized spacial score (nSPS) is 18.3. The van der Waals surface area contributed by atoms with Crippen LogP contribution in [-0.4, -0.2) is 46.7 Å². The summed E-state index contributed by atoms with van der Waals surface area (Å²) in [5.74, 6) is -2.35. The number of carbonyl (C=O) groups excluding carboxylic acids is 2. The number of Topliss-reactive ketones (excluding diaryl/α,β-unsaturated/α-hetero) is 1. The first-order chi connectivity index (χ1) is 15.1. The van der Waals surface area contributed by atoms with E-state index in [2.05, 4.69) is 10.3 Å². The smallest absolute Gasteiger partial charge is 0.366 e. The minimum absolute atomic E-state index is 0.0909. The van der Waals surface area contributed by atoms with Crippen molar-refractivity contribution >= 4 is 29.0 Å². The highest BCUT2D eigenvalue weighted by atomic mass is 19.4. The number of hydrogen-bond acceptors (Lipinski definition) is 5. The maximum atomic E-state index is 13.1. The Morgan fingerprint density at radius 2 is 2.03 bits per heavy atom. The van der Waals surface area contributed by atoms with Crippen LogP contribution in [-0.2, 0) is 7.05 Å². The summed E-state index contributed by atoms with van der Waals surface area (Å²) in [5.41, 5.74) is 0.198. The first-order valence-electron chi connectivity index (χ1n) is 10.2. The Kier molecular flexibility index (Phi) is 5.43. The zero-order valence-electron chi connectivity index (χ0n) is 17.5. The molecule has 11 heteroatoms. The molecule has 0 saturated carbocycles. The zero-order valence-corrected chi connectivity index (χ0v) is 17.5. The molecule has 2 aromatic heterocycles. The predicted octanol–water partition coefficient (Wildman–Crippen LogP) is 3.18. The lowest BCUT2D eigenvalue weighted by atomic mass is 10.0. The zero-order chi connectivity index (χ0) is 23.2. The second kappa shape index (κ2) is 7.95. The molecule has 1 saturated heterocycles. The fourth-order valence-electron chi connectivity index (χ4n) is 3.99. The van der Waals surface area contributed by atoms with Crippen LogP contribution in [0.15, 0.2) is 35.3 Å². The van der Waals surface area contributed by atoms with Crippen LogP contribution in [0.2, 0.25) is 0 Å². The molecule has 2 amide bonds. The first kappa shape index (κ1) is 21.8. The molecule has 170 valence electrons. The summed E-state index contributed by atoms with van der Waals surface area (Å²) >= 11 is 0. The van der Waals surface area contributed by atoms with Crippen LogP contribution in [0.5, 0.6) is 0 Å². The van der Waals surface area contributed by atoms with Crippen molar-refractivity contribution < 1.29 is 22.8 Å². The molecule has 0 spiro atoms. The number of pyridine rings is 2. The molecule has 32 heavy (non-hydrogen) atoms. The van der Waals surface area contributed by atoms with Gasteiger partial charge in [-0.25, -0.2) is 9.78 Å². The molecule has 0 aromatic carbocycles. The highest BCUT2D eigenvalue weighted by Gasteiger charge is 2.41. The summed E-state index contributed by atoms with van der Waals surface area (Å²) in [5, 5.41) is 2.61. The van der Waals surface area contributed by atoms with Crippen molar-refractivity contribution in [3.05, 3.63) is 46.5 Å². The van der Waals surface area contributed by atoms with E-state index >= 15 is 0 Å². The van der Waals surface area contributed by atoms with E-state index in [4.69, 9.17) is 0 Å². The van der Waals surface area contributed by atoms with E-state index < -0.39 is 30.3 Å². The topological polar surface area (TPSA) is 87.5 Å². The van der Waals surface area contributed by atoms with E-state index in [1.54, 1.807) is 25.4 Å². The van der Waals surface area contributed by atoms with E-state index in [1.165, 1.54) is 21.6 Å². The summed E-state index contributed by atoms with van der Waals surface area (Å²) in [4.78, 5) is 45.6. The van der Waals surface area contributed by atoms with Gasteiger partial charge in [-0.1, -0.05) is 6.92 Å². The standard InChI is InChI=1S/C21H22F3N5O3/c1-12(21(22,23)24)10-17(30)14-5-6-16-18(25-14)29(13-7-9-28(16)11-13)20(32)26-15-4-3-8-27(2)19(15)31/h3-6,8,12-13H,7,9-11H2,1-2H3,(H,26,32)/t12-,13-/m0/s1. The monoisotopic (exact) mass is 449 g/mol. The molecule has 0 unspecified atom stereocenters. The lowest BCUT2D eigenvalue weighted by Crippen LogP contribution is -2.49. The maximum absolute atomic E-state index is 13.1. The van der Waals surface area contributed by atoms with Gasteiger partial charge < -0.3 is 14.8 Å². The third kappa shape index (κ3) is 3.94. The molecule has 2 aliphatic rings. The third-order valence-electron chi connectivity index (χ3n) is 5.87. The Bertz CT molecular complexity index is 1130. The fourth-order valence-corrected chi connectivity index (χ4v) is 3.99. The number of ketones is 1. The number of aryl methyl sites for hydroxylation is 1. The number of fused-ring (bicyclic) bond motifs is 4. The molecular formula is C21H22F3N5O3. The number of hydrogen-bond donors (Lipinski definition) is 1. The van der Waals surface area contributed by atoms with Crippen LogP contribution >= 0.6 is 0 Å². The Balaban J connectivity index is 1.65. The van der Waals surface area contributed by atoms with Gasteiger partial charge in [0, 0.05) is 32.8 Å². The summed E-state index contributed by atoms with van der Waals surface area (Å²) in [7, 11) is 1.56. The van der Waals surface area contributed by atoms with Crippen LogP contribution in [0, 0.1) is 5.92 Å². The molecule has 1 N–H and O–H groups in total. The summed E-state index contributed by atoms with van der Waals surface area (Å²) < 4.78 is 40.0. The van der Waals surface area contributed by atoms with Crippen molar-refractivity contribution in [2.45, 2.75) is 32.0 Å². The fraction of sp³-hybridized carbons (Fsp3) is 0.429. The molecular weight excluding hydrogens is 427 g/mol. The van der Waals surface area contributed by atoms with Gasteiger partial charge in [-0.15, -0.1) is 0 Å².